The van der Waals surface area contributed by atoms with Gasteiger partial charge >= 0.3 is 0 Å². The Morgan fingerprint density at radius 1 is 1.13 bits per heavy atom. The molecule has 0 fully saturated rings. The first-order chi connectivity index (χ1) is 14.0. The second-order valence-electron chi connectivity index (χ2n) is 7.91. The van der Waals surface area contributed by atoms with Gasteiger partial charge in [-0.05, 0) is 32.9 Å². The fourth-order valence-corrected chi connectivity index (χ4v) is 3.95. The van der Waals surface area contributed by atoms with Gasteiger partial charge < -0.3 is 14.3 Å². The lowest BCUT2D eigenvalue weighted by Gasteiger charge is -2.18. The normalized spacial score (nSPS) is 13.2. The minimum atomic E-state index is -3.86. The van der Waals surface area contributed by atoms with E-state index in [1.807, 2.05) is 37.3 Å². The van der Waals surface area contributed by atoms with Crippen molar-refractivity contribution in [3.63, 3.8) is 0 Å². The van der Waals surface area contributed by atoms with Crippen molar-refractivity contribution in [1.82, 2.24) is 20.2 Å². The highest BCUT2D eigenvalue weighted by atomic mass is 32.2. The molecule has 3 rings (SSSR count). The van der Waals surface area contributed by atoms with Gasteiger partial charge in [0.25, 0.3) is 15.9 Å². The number of aromatic nitrogens is 2. The minimum absolute atomic E-state index is 0.105. The number of hydrogen-bond donors (Lipinski definition) is 2. The van der Waals surface area contributed by atoms with E-state index in [1.165, 1.54) is 12.1 Å². The van der Waals surface area contributed by atoms with Crippen LogP contribution in [0.5, 0.6) is 0 Å². The van der Waals surface area contributed by atoms with Crippen molar-refractivity contribution in [3.05, 3.63) is 54.1 Å². The molecule has 0 aliphatic rings. The maximum atomic E-state index is 12.3. The van der Waals surface area contributed by atoms with Gasteiger partial charge in [0, 0.05) is 17.6 Å². The summed E-state index contributed by atoms with van der Waals surface area (Å²) in [6.45, 7) is 7.17. The Kier molecular flexibility index (Phi) is 6.09. The summed E-state index contributed by atoms with van der Waals surface area (Å²) in [5.74, 6) is -0.0456. The van der Waals surface area contributed by atoms with Crippen molar-refractivity contribution in [2.45, 2.75) is 44.2 Å². The minimum Gasteiger partial charge on any atom is -0.438 e. The highest BCUT2D eigenvalue weighted by Crippen LogP contribution is 2.20. The van der Waals surface area contributed by atoms with Crippen molar-refractivity contribution in [1.29, 1.82) is 0 Å². The molecule has 0 unspecified atom stereocenters. The number of carbonyl (C=O) groups is 1. The number of amides is 1. The molecule has 1 aromatic carbocycles. The third-order valence-electron chi connectivity index (χ3n) is 3.97. The molecule has 1 amide bonds. The van der Waals surface area contributed by atoms with Crippen LogP contribution in [0.15, 0.2) is 56.5 Å². The summed E-state index contributed by atoms with van der Waals surface area (Å²) in [6, 6.07) is 12.0. The van der Waals surface area contributed by atoms with Gasteiger partial charge in [0.05, 0.1) is 5.92 Å². The number of furan rings is 1. The fraction of sp³-hybridized carbons (Fsp3) is 0.350. The van der Waals surface area contributed by atoms with Crippen LogP contribution in [0.3, 0.4) is 0 Å². The van der Waals surface area contributed by atoms with E-state index in [4.69, 9.17) is 8.94 Å². The third-order valence-corrected chi connectivity index (χ3v) is 5.60. The van der Waals surface area contributed by atoms with Crippen LogP contribution < -0.4 is 10.0 Å². The van der Waals surface area contributed by atoms with Gasteiger partial charge in [-0.25, -0.2) is 13.1 Å². The maximum Gasteiger partial charge on any atom is 0.287 e. The zero-order valence-corrected chi connectivity index (χ0v) is 18.0. The lowest BCUT2D eigenvalue weighted by molar-refractivity contribution is 0.0917. The van der Waals surface area contributed by atoms with E-state index in [1.54, 1.807) is 20.8 Å². The molecule has 0 aliphatic carbocycles. The molecule has 2 aromatic heterocycles. The first-order valence-corrected chi connectivity index (χ1v) is 10.8. The predicted molar refractivity (Wildman–Crippen MR) is 109 cm³/mol. The van der Waals surface area contributed by atoms with Crippen LogP contribution in [0, 0.1) is 0 Å². The Morgan fingerprint density at radius 2 is 1.83 bits per heavy atom. The summed E-state index contributed by atoms with van der Waals surface area (Å²) in [5.41, 5.74) is 0.156. The van der Waals surface area contributed by atoms with Crippen LogP contribution in [0.1, 0.15) is 50.1 Å². The van der Waals surface area contributed by atoms with Gasteiger partial charge in [0.2, 0.25) is 16.8 Å². The summed E-state index contributed by atoms with van der Waals surface area (Å²) in [5, 5.41) is 6.33. The molecule has 0 saturated carbocycles. The Hall–Kier alpha value is -2.98. The van der Waals surface area contributed by atoms with Crippen LogP contribution in [0.25, 0.3) is 11.4 Å². The molecular weight excluding hydrogens is 408 g/mol. The van der Waals surface area contributed by atoms with Crippen LogP contribution in [0.2, 0.25) is 0 Å². The molecule has 0 bridgehead atoms. The maximum absolute atomic E-state index is 12.3. The van der Waals surface area contributed by atoms with Crippen molar-refractivity contribution in [2.75, 3.05) is 6.54 Å². The molecule has 160 valence electrons. The Balaban J connectivity index is 1.61. The van der Waals surface area contributed by atoms with E-state index in [0.717, 1.165) is 5.56 Å². The first kappa shape index (κ1) is 21.7. The molecule has 10 heteroatoms. The summed E-state index contributed by atoms with van der Waals surface area (Å²) >= 11 is 0. The second kappa shape index (κ2) is 8.41. The largest absolute Gasteiger partial charge is 0.438 e. The molecule has 9 nitrogen and oxygen atoms in total. The molecule has 2 heterocycles. The smallest absolute Gasteiger partial charge is 0.287 e. The zero-order chi connectivity index (χ0) is 21.9. The van der Waals surface area contributed by atoms with Crippen molar-refractivity contribution >= 4 is 15.9 Å². The van der Waals surface area contributed by atoms with Crippen molar-refractivity contribution in [2.24, 2.45) is 0 Å². The first-order valence-electron chi connectivity index (χ1n) is 9.36. The molecule has 0 saturated heterocycles. The van der Waals surface area contributed by atoms with Crippen LogP contribution >= 0.6 is 0 Å². The van der Waals surface area contributed by atoms with Gasteiger partial charge in [-0.3, -0.25) is 4.79 Å². The monoisotopic (exact) mass is 432 g/mol. The number of rotatable bonds is 7. The Labute approximate surface area is 174 Å². The standard InChI is InChI=1S/C20H24N4O5S/c1-13(19-22-17(23-29-19)14-8-6-5-7-9-14)12-21-18(25)15-10-11-16(28-15)30(26,27)24-20(2,3)4/h5-11,13,24H,12H2,1-4H3,(H,21,25)/t13-/m0/s1. The zero-order valence-electron chi connectivity index (χ0n) is 17.2. The number of nitrogens with zero attached hydrogens (tertiary/aromatic N) is 2. The van der Waals surface area contributed by atoms with Gasteiger partial charge in [-0.1, -0.05) is 42.4 Å². The van der Waals surface area contributed by atoms with Crippen LogP contribution in [0.4, 0.5) is 0 Å². The lowest BCUT2D eigenvalue weighted by atomic mass is 10.1. The van der Waals surface area contributed by atoms with Gasteiger partial charge in [0.1, 0.15) is 0 Å². The highest BCUT2D eigenvalue weighted by molar-refractivity contribution is 7.89. The van der Waals surface area contributed by atoms with Crippen molar-refractivity contribution < 1.29 is 22.2 Å². The van der Waals surface area contributed by atoms with Gasteiger partial charge in [0.15, 0.2) is 5.76 Å². The van der Waals surface area contributed by atoms with E-state index < -0.39 is 21.5 Å². The number of nitrogens with one attached hydrogen (secondary N) is 2. The van der Waals surface area contributed by atoms with E-state index >= 15 is 0 Å². The Morgan fingerprint density at radius 3 is 2.50 bits per heavy atom. The van der Waals surface area contributed by atoms with Gasteiger partial charge in [-0.15, -0.1) is 0 Å². The second-order valence-corrected chi connectivity index (χ2v) is 9.52. The van der Waals surface area contributed by atoms with Crippen LogP contribution in [-0.4, -0.2) is 36.5 Å². The lowest BCUT2D eigenvalue weighted by Crippen LogP contribution is -2.40. The topological polar surface area (TPSA) is 127 Å². The van der Waals surface area contributed by atoms with E-state index in [0.29, 0.717) is 11.7 Å². The SMILES string of the molecule is C[C@@H](CNC(=O)c1ccc(S(=O)(=O)NC(C)(C)C)o1)c1nc(-c2ccccc2)no1. The third kappa shape index (κ3) is 5.33. The predicted octanol–water partition coefficient (Wildman–Crippen LogP) is 2.94. The van der Waals surface area contributed by atoms with E-state index in [-0.39, 0.29) is 23.3 Å². The summed E-state index contributed by atoms with van der Waals surface area (Å²) in [7, 11) is -3.86. The van der Waals surface area contributed by atoms with Crippen LogP contribution in [-0.2, 0) is 10.0 Å². The molecule has 1 atom stereocenters. The van der Waals surface area contributed by atoms with Crippen molar-refractivity contribution in [3.8, 4) is 11.4 Å². The quantitative estimate of drug-likeness (QED) is 0.587. The number of sulfonamides is 1. The summed E-state index contributed by atoms with van der Waals surface area (Å²) in [4.78, 5) is 16.7. The summed E-state index contributed by atoms with van der Waals surface area (Å²) in [6.07, 6.45) is 0. The van der Waals surface area contributed by atoms with Gasteiger partial charge in [-0.2, -0.15) is 4.98 Å². The molecule has 2 N–H and O–H groups in total. The average Bonchev–Trinajstić information content (AvgIpc) is 3.35. The van der Waals surface area contributed by atoms with E-state index in [2.05, 4.69) is 20.2 Å². The number of carbonyl (C=O) groups excluding carboxylic acids is 1. The summed E-state index contributed by atoms with van der Waals surface area (Å²) < 4.78 is 37.6. The fourth-order valence-electron chi connectivity index (χ4n) is 2.60. The molecular formula is C20H24N4O5S. The molecule has 0 aliphatic heterocycles. The Bertz CT molecular complexity index is 1110. The average molecular weight is 433 g/mol. The number of hydrogen-bond acceptors (Lipinski definition) is 7. The molecule has 3 aromatic rings. The molecule has 0 spiro atoms. The molecule has 30 heavy (non-hydrogen) atoms. The van der Waals surface area contributed by atoms with E-state index in [9.17, 15) is 13.2 Å². The highest BCUT2D eigenvalue weighted by Gasteiger charge is 2.26. The molecule has 0 radical (unpaired) electrons. The number of benzene rings is 1.